The SMILES string of the molecule is COc1c(N)cccc1C(=O)N(C)C(C)CC(C)C. The summed E-state index contributed by atoms with van der Waals surface area (Å²) in [6.45, 7) is 6.35. The normalized spacial score (nSPS) is 12.3. The van der Waals surface area contributed by atoms with Gasteiger partial charge < -0.3 is 15.4 Å². The quantitative estimate of drug-likeness (QED) is 0.832. The summed E-state index contributed by atoms with van der Waals surface area (Å²) in [6, 6.07) is 5.42. The summed E-state index contributed by atoms with van der Waals surface area (Å²) in [6.07, 6.45) is 0.965. The number of carbonyl (C=O) groups excluding carboxylic acids is 1. The molecule has 1 aromatic rings. The first-order valence-electron chi connectivity index (χ1n) is 6.58. The number of hydrogen-bond acceptors (Lipinski definition) is 3. The van der Waals surface area contributed by atoms with Gasteiger partial charge in [0.05, 0.1) is 18.4 Å². The van der Waals surface area contributed by atoms with Crippen LogP contribution in [0, 0.1) is 5.92 Å². The van der Waals surface area contributed by atoms with Gasteiger partial charge in [-0.15, -0.1) is 0 Å². The van der Waals surface area contributed by atoms with Crippen LogP contribution in [0.5, 0.6) is 5.75 Å². The van der Waals surface area contributed by atoms with E-state index in [1.54, 1.807) is 23.1 Å². The summed E-state index contributed by atoms with van der Waals surface area (Å²) < 4.78 is 5.24. The molecule has 1 aromatic carbocycles. The van der Waals surface area contributed by atoms with Crippen molar-refractivity contribution < 1.29 is 9.53 Å². The zero-order chi connectivity index (χ0) is 14.6. The van der Waals surface area contributed by atoms with Crippen LogP contribution in [0.3, 0.4) is 0 Å². The van der Waals surface area contributed by atoms with Crippen LogP contribution in [-0.4, -0.2) is 31.0 Å². The summed E-state index contributed by atoms with van der Waals surface area (Å²) in [7, 11) is 3.35. The van der Waals surface area contributed by atoms with Crippen LogP contribution in [-0.2, 0) is 0 Å². The number of hydrogen-bond donors (Lipinski definition) is 1. The Labute approximate surface area is 115 Å². The molecule has 0 saturated heterocycles. The molecular formula is C15H24N2O2. The van der Waals surface area contributed by atoms with Gasteiger partial charge in [0.2, 0.25) is 0 Å². The summed E-state index contributed by atoms with van der Waals surface area (Å²) in [5.74, 6) is 0.946. The first-order chi connectivity index (χ1) is 8.88. The first kappa shape index (κ1) is 15.3. The molecule has 0 aliphatic carbocycles. The van der Waals surface area contributed by atoms with Crippen LogP contribution >= 0.6 is 0 Å². The van der Waals surface area contributed by atoms with Gasteiger partial charge in [0.15, 0.2) is 5.75 Å². The third kappa shape index (κ3) is 3.63. The summed E-state index contributed by atoms with van der Waals surface area (Å²) in [4.78, 5) is 14.2. The average Bonchev–Trinajstić information content (AvgIpc) is 2.35. The van der Waals surface area contributed by atoms with Crippen molar-refractivity contribution in [2.75, 3.05) is 19.9 Å². The Kier molecular flexibility index (Phi) is 5.21. The highest BCUT2D eigenvalue weighted by Gasteiger charge is 2.22. The molecule has 0 aliphatic rings. The largest absolute Gasteiger partial charge is 0.494 e. The number of ether oxygens (including phenoxy) is 1. The fourth-order valence-electron chi connectivity index (χ4n) is 2.18. The Hall–Kier alpha value is -1.71. The number of carbonyl (C=O) groups is 1. The number of para-hydroxylation sites is 1. The molecule has 0 spiro atoms. The van der Waals surface area contributed by atoms with Crippen molar-refractivity contribution in [3.8, 4) is 5.75 Å². The molecule has 0 heterocycles. The van der Waals surface area contributed by atoms with Crippen LogP contribution in [0.1, 0.15) is 37.6 Å². The van der Waals surface area contributed by atoms with E-state index in [2.05, 4.69) is 20.8 Å². The van der Waals surface area contributed by atoms with E-state index in [9.17, 15) is 4.79 Å². The maximum Gasteiger partial charge on any atom is 0.257 e. The predicted molar refractivity (Wildman–Crippen MR) is 78.4 cm³/mol. The van der Waals surface area contributed by atoms with E-state index < -0.39 is 0 Å². The molecule has 4 nitrogen and oxygen atoms in total. The number of amides is 1. The lowest BCUT2D eigenvalue weighted by molar-refractivity contribution is 0.0725. The molecule has 2 N–H and O–H groups in total. The Morgan fingerprint density at radius 3 is 2.53 bits per heavy atom. The second-order valence-corrected chi connectivity index (χ2v) is 5.32. The van der Waals surface area contributed by atoms with Gasteiger partial charge in [0, 0.05) is 13.1 Å². The predicted octanol–water partition coefficient (Wildman–Crippen LogP) is 2.78. The van der Waals surface area contributed by atoms with Crippen molar-refractivity contribution in [1.82, 2.24) is 4.90 Å². The zero-order valence-corrected chi connectivity index (χ0v) is 12.4. The third-order valence-electron chi connectivity index (χ3n) is 3.27. The molecule has 19 heavy (non-hydrogen) atoms. The summed E-state index contributed by atoms with van der Waals surface area (Å²) >= 11 is 0. The maximum absolute atomic E-state index is 12.5. The molecule has 0 radical (unpaired) electrons. The highest BCUT2D eigenvalue weighted by molar-refractivity contribution is 5.98. The van der Waals surface area contributed by atoms with E-state index in [4.69, 9.17) is 10.5 Å². The number of anilines is 1. The molecule has 1 unspecified atom stereocenters. The van der Waals surface area contributed by atoms with Gasteiger partial charge in [0.1, 0.15) is 0 Å². The van der Waals surface area contributed by atoms with Crippen molar-refractivity contribution in [3.05, 3.63) is 23.8 Å². The van der Waals surface area contributed by atoms with E-state index in [0.29, 0.717) is 22.9 Å². The number of methoxy groups -OCH3 is 1. The van der Waals surface area contributed by atoms with Gasteiger partial charge in [-0.1, -0.05) is 19.9 Å². The van der Waals surface area contributed by atoms with E-state index in [1.807, 2.05) is 7.05 Å². The minimum Gasteiger partial charge on any atom is -0.494 e. The number of benzene rings is 1. The van der Waals surface area contributed by atoms with Crippen molar-refractivity contribution in [2.24, 2.45) is 5.92 Å². The van der Waals surface area contributed by atoms with Gasteiger partial charge in [-0.25, -0.2) is 0 Å². The van der Waals surface area contributed by atoms with Crippen LogP contribution < -0.4 is 10.5 Å². The van der Waals surface area contributed by atoms with Crippen molar-refractivity contribution in [2.45, 2.75) is 33.2 Å². The van der Waals surface area contributed by atoms with Crippen molar-refractivity contribution in [1.29, 1.82) is 0 Å². The Morgan fingerprint density at radius 1 is 1.37 bits per heavy atom. The molecule has 1 atom stereocenters. The Balaban J connectivity index is 2.97. The summed E-state index contributed by atoms with van der Waals surface area (Å²) in [5, 5.41) is 0. The number of nitrogens with two attached hydrogens (primary N) is 1. The molecular weight excluding hydrogens is 240 g/mol. The van der Waals surface area contributed by atoms with Crippen molar-refractivity contribution in [3.63, 3.8) is 0 Å². The average molecular weight is 264 g/mol. The minimum absolute atomic E-state index is 0.0581. The molecule has 0 aromatic heterocycles. The standard InChI is InChI=1S/C15H24N2O2/c1-10(2)9-11(3)17(4)15(18)12-7-6-8-13(16)14(12)19-5/h6-8,10-11H,9,16H2,1-5H3. The highest BCUT2D eigenvalue weighted by atomic mass is 16.5. The first-order valence-corrected chi connectivity index (χ1v) is 6.58. The van der Waals surface area contributed by atoms with Gasteiger partial charge >= 0.3 is 0 Å². The zero-order valence-electron chi connectivity index (χ0n) is 12.4. The lowest BCUT2D eigenvalue weighted by Crippen LogP contribution is -2.36. The maximum atomic E-state index is 12.5. The molecule has 1 rings (SSSR count). The third-order valence-corrected chi connectivity index (χ3v) is 3.27. The minimum atomic E-state index is -0.0581. The Bertz CT molecular complexity index is 444. The second-order valence-electron chi connectivity index (χ2n) is 5.32. The second kappa shape index (κ2) is 6.45. The van der Waals surface area contributed by atoms with Gasteiger partial charge in [0.25, 0.3) is 5.91 Å². The highest BCUT2D eigenvalue weighted by Crippen LogP contribution is 2.27. The molecule has 106 valence electrons. The van der Waals surface area contributed by atoms with Crippen LogP contribution in [0.25, 0.3) is 0 Å². The summed E-state index contributed by atoms with van der Waals surface area (Å²) in [5.41, 5.74) is 6.83. The van der Waals surface area contributed by atoms with E-state index in [1.165, 1.54) is 7.11 Å². The topological polar surface area (TPSA) is 55.6 Å². The number of nitrogen functional groups attached to an aromatic ring is 1. The van der Waals surface area contributed by atoms with Gasteiger partial charge in [-0.05, 0) is 31.4 Å². The number of nitrogens with zero attached hydrogens (tertiary/aromatic N) is 1. The fraction of sp³-hybridized carbons (Fsp3) is 0.533. The monoisotopic (exact) mass is 264 g/mol. The van der Waals surface area contributed by atoms with E-state index >= 15 is 0 Å². The fourth-order valence-corrected chi connectivity index (χ4v) is 2.18. The molecule has 4 heteroatoms. The van der Waals surface area contributed by atoms with Crippen molar-refractivity contribution >= 4 is 11.6 Å². The van der Waals surface area contributed by atoms with E-state index in [-0.39, 0.29) is 11.9 Å². The molecule has 1 amide bonds. The lowest BCUT2D eigenvalue weighted by Gasteiger charge is -2.27. The van der Waals surface area contributed by atoms with Crippen LogP contribution in [0.2, 0.25) is 0 Å². The smallest absolute Gasteiger partial charge is 0.257 e. The molecule has 0 saturated carbocycles. The Morgan fingerprint density at radius 2 is 2.00 bits per heavy atom. The molecule has 0 fully saturated rings. The van der Waals surface area contributed by atoms with Gasteiger partial charge in [-0.2, -0.15) is 0 Å². The molecule has 0 bridgehead atoms. The molecule has 0 aliphatic heterocycles. The lowest BCUT2D eigenvalue weighted by atomic mass is 10.0. The van der Waals surface area contributed by atoms with E-state index in [0.717, 1.165) is 6.42 Å². The number of rotatable bonds is 5. The van der Waals surface area contributed by atoms with Crippen LogP contribution in [0.4, 0.5) is 5.69 Å². The van der Waals surface area contributed by atoms with Gasteiger partial charge in [-0.3, -0.25) is 4.79 Å². The van der Waals surface area contributed by atoms with Crippen LogP contribution in [0.15, 0.2) is 18.2 Å².